The summed E-state index contributed by atoms with van der Waals surface area (Å²) in [6.45, 7) is 5.65. The van der Waals surface area contributed by atoms with Gasteiger partial charge < -0.3 is 0 Å². The molecule has 0 atom stereocenters. The molecule has 5 nitrogen and oxygen atoms in total. The fourth-order valence-electron chi connectivity index (χ4n) is 3.14. The third-order valence-corrected chi connectivity index (χ3v) is 3.44. The van der Waals surface area contributed by atoms with E-state index >= 15 is 0 Å². The number of rotatable bonds is 2. The van der Waals surface area contributed by atoms with Gasteiger partial charge in [-0.3, -0.25) is 4.90 Å². The van der Waals surface area contributed by atoms with Gasteiger partial charge in [0.2, 0.25) is 0 Å². The Labute approximate surface area is 82.9 Å². The van der Waals surface area contributed by atoms with Crippen LogP contribution in [0.25, 0.3) is 0 Å². The van der Waals surface area contributed by atoms with E-state index in [0.29, 0.717) is 5.41 Å². The molecule has 5 heteroatoms. The first-order valence-electron chi connectivity index (χ1n) is 5.20. The van der Waals surface area contributed by atoms with Gasteiger partial charge in [-0.15, -0.1) is 10.2 Å². The molecule has 0 radical (unpaired) electrons. The molecule has 1 aliphatic heterocycles. The molecule has 0 amide bonds. The number of aromatic nitrogens is 4. The van der Waals surface area contributed by atoms with Crippen LogP contribution in [0, 0.1) is 11.3 Å². The highest BCUT2D eigenvalue weighted by Gasteiger charge is 2.50. The predicted molar refractivity (Wildman–Crippen MR) is 50.3 cm³/mol. The summed E-state index contributed by atoms with van der Waals surface area (Å²) in [5.41, 5.74) is 0.670. The van der Waals surface area contributed by atoms with Crippen molar-refractivity contribution >= 4 is 0 Å². The average Bonchev–Trinajstić information content (AvgIpc) is 2.50. The molecule has 1 aliphatic carbocycles. The fourth-order valence-corrected chi connectivity index (χ4v) is 3.14. The number of nitrogens with zero attached hydrogens (tertiary/aromatic N) is 4. The van der Waals surface area contributed by atoms with Crippen molar-refractivity contribution in [2.75, 3.05) is 13.1 Å². The molecule has 1 aromatic rings. The van der Waals surface area contributed by atoms with Crippen LogP contribution < -0.4 is 0 Å². The number of hydrogen-bond acceptors (Lipinski definition) is 4. The lowest BCUT2D eigenvalue weighted by molar-refractivity contribution is -0.0941. The van der Waals surface area contributed by atoms with Gasteiger partial charge in [-0.2, -0.15) is 5.21 Å². The van der Waals surface area contributed by atoms with E-state index in [1.54, 1.807) is 0 Å². The normalized spacial score (nSPS) is 26.1. The largest absolute Gasteiger partial charge is 0.295 e. The molecule has 3 rings (SSSR count). The number of aromatic amines is 1. The van der Waals surface area contributed by atoms with E-state index in [4.69, 9.17) is 0 Å². The van der Waals surface area contributed by atoms with Crippen LogP contribution in [0.1, 0.15) is 25.6 Å². The highest BCUT2D eigenvalue weighted by atomic mass is 15.5. The van der Waals surface area contributed by atoms with Gasteiger partial charge in [0.25, 0.3) is 0 Å². The molecule has 0 aromatic carbocycles. The maximum absolute atomic E-state index is 3.96. The van der Waals surface area contributed by atoms with Crippen molar-refractivity contribution in [1.82, 2.24) is 25.5 Å². The summed E-state index contributed by atoms with van der Waals surface area (Å²) in [5.74, 6) is 1.76. The van der Waals surface area contributed by atoms with Crippen LogP contribution in [0.3, 0.4) is 0 Å². The minimum absolute atomic E-state index is 0.670. The summed E-state index contributed by atoms with van der Waals surface area (Å²) >= 11 is 0. The standard InChI is InChI=1S/C9H15N5/c1-7-2-9(3-7)5-14(6-9)4-8-10-12-13-11-8/h7H,2-6H2,1H3,(H,10,11,12,13). The van der Waals surface area contributed by atoms with Gasteiger partial charge in [-0.1, -0.05) is 12.1 Å². The van der Waals surface area contributed by atoms with Crippen molar-refractivity contribution in [3.8, 4) is 0 Å². The molecule has 2 fully saturated rings. The number of likely N-dealkylation sites (tertiary alicyclic amines) is 1. The van der Waals surface area contributed by atoms with Crippen molar-refractivity contribution < 1.29 is 0 Å². The number of tetrazole rings is 1. The third kappa shape index (κ3) is 1.23. The molecule has 76 valence electrons. The summed E-state index contributed by atoms with van der Waals surface area (Å²) in [6, 6.07) is 0. The average molecular weight is 193 g/mol. The van der Waals surface area contributed by atoms with Crippen molar-refractivity contribution in [3.05, 3.63) is 5.82 Å². The van der Waals surface area contributed by atoms with Crippen LogP contribution in [0.15, 0.2) is 0 Å². The second-order valence-electron chi connectivity index (χ2n) is 4.99. The lowest BCUT2D eigenvalue weighted by atomic mass is 9.58. The highest BCUT2D eigenvalue weighted by Crippen LogP contribution is 2.51. The second kappa shape index (κ2) is 2.76. The van der Waals surface area contributed by atoms with Gasteiger partial charge >= 0.3 is 0 Å². The van der Waals surface area contributed by atoms with E-state index in [-0.39, 0.29) is 0 Å². The Morgan fingerprint density at radius 3 is 2.86 bits per heavy atom. The van der Waals surface area contributed by atoms with E-state index < -0.39 is 0 Å². The quantitative estimate of drug-likeness (QED) is 0.740. The van der Waals surface area contributed by atoms with E-state index in [1.807, 2.05) is 0 Å². The topological polar surface area (TPSA) is 57.7 Å². The van der Waals surface area contributed by atoms with Crippen molar-refractivity contribution in [1.29, 1.82) is 0 Å². The summed E-state index contributed by atoms with van der Waals surface area (Å²) in [6.07, 6.45) is 2.82. The van der Waals surface area contributed by atoms with Gasteiger partial charge in [0.05, 0.1) is 6.54 Å². The molecular weight excluding hydrogens is 178 g/mol. The van der Waals surface area contributed by atoms with E-state index in [0.717, 1.165) is 18.3 Å². The zero-order valence-corrected chi connectivity index (χ0v) is 8.40. The number of nitrogens with one attached hydrogen (secondary N) is 1. The van der Waals surface area contributed by atoms with Crippen LogP contribution in [0.4, 0.5) is 0 Å². The first-order valence-corrected chi connectivity index (χ1v) is 5.20. The van der Waals surface area contributed by atoms with Crippen molar-refractivity contribution in [3.63, 3.8) is 0 Å². The Balaban J connectivity index is 1.51. The van der Waals surface area contributed by atoms with Gasteiger partial charge in [-0.25, -0.2) is 0 Å². The highest BCUT2D eigenvalue weighted by molar-refractivity contribution is 5.03. The van der Waals surface area contributed by atoms with Gasteiger partial charge in [0, 0.05) is 13.1 Å². The fraction of sp³-hybridized carbons (Fsp3) is 0.889. The monoisotopic (exact) mass is 193 g/mol. The molecule has 14 heavy (non-hydrogen) atoms. The van der Waals surface area contributed by atoms with Crippen LogP contribution in [-0.4, -0.2) is 38.6 Å². The molecule has 2 heterocycles. The number of H-pyrrole nitrogens is 1. The van der Waals surface area contributed by atoms with Gasteiger partial charge in [0.1, 0.15) is 0 Å². The Morgan fingerprint density at radius 2 is 2.29 bits per heavy atom. The second-order valence-corrected chi connectivity index (χ2v) is 4.99. The molecular formula is C9H15N5. The SMILES string of the molecule is CC1CC2(C1)CN(Cc1nn[nH]n1)C2. The summed E-state index contributed by atoms with van der Waals surface area (Å²) < 4.78 is 0. The Morgan fingerprint density at radius 1 is 1.50 bits per heavy atom. The van der Waals surface area contributed by atoms with Gasteiger partial charge in [0.15, 0.2) is 5.82 Å². The zero-order valence-electron chi connectivity index (χ0n) is 8.40. The lowest BCUT2D eigenvalue weighted by Gasteiger charge is -2.58. The molecule has 2 aliphatic rings. The first-order chi connectivity index (χ1) is 6.76. The minimum atomic E-state index is 0.670. The lowest BCUT2D eigenvalue weighted by Crippen LogP contribution is -2.61. The van der Waals surface area contributed by atoms with E-state index in [9.17, 15) is 0 Å². The maximum Gasteiger partial charge on any atom is 0.188 e. The molecule has 0 bridgehead atoms. The molecule has 1 saturated heterocycles. The number of hydrogen-bond donors (Lipinski definition) is 1. The summed E-state index contributed by atoms with van der Waals surface area (Å²) in [4.78, 5) is 2.40. The third-order valence-electron chi connectivity index (χ3n) is 3.44. The predicted octanol–water partition coefficient (Wildman–Crippen LogP) is 0.432. The molecule has 1 spiro atoms. The van der Waals surface area contributed by atoms with Crippen LogP contribution >= 0.6 is 0 Å². The molecule has 1 saturated carbocycles. The molecule has 1 N–H and O–H groups in total. The summed E-state index contributed by atoms with van der Waals surface area (Å²) in [5, 5.41) is 13.9. The van der Waals surface area contributed by atoms with Crippen LogP contribution in [-0.2, 0) is 6.54 Å². The maximum atomic E-state index is 3.96. The van der Waals surface area contributed by atoms with E-state index in [2.05, 4.69) is 32.4 Å². The summed E-state index contributed by atoms with van der Waals surface area (Å²) in [7, 11) is 0. The Hall–Kier alpha value is -0.970. The van der Waals surface area contributed by atoms with E-state index in [1.165, 1.54) is 25.9 Å². The smallest absolute Gasteiger partial charge is 0.188 e. The van der Waals surface area contributed by atoms with Crippen molar-refractivity contribution in [2.45, 2.75) is 26.3 Å². The first kappa shape index (κ1) is 8.35. The van der Waals surface area contributed by atoms with Crippen LogP contribution in [0.5, 0.6) is 0 Å². The minimum Gasteiger partial charge on any atom is -0.295 e. The zero-order chi connectivity index (χ0) is 9.60. The Kier molecular flexibility index (Phi) is 1.65. The van der Waals surface area contributed by atoms with Crippen LogP contribution in [0.2, 0.25) is 0 Å². The van der Waals surface area contributed by atoms with Gasteiger partial charge in [-0.05, 0) is 24.2 Å². The van der Waals surface area contributed by atoms with Crippen molar-refractivity contribution in [2.24, 2.45) is 11.3 Å². The molecule has 1 aromatic heterocycles. The molecule has 0 unspecified atom stereocenters. The Bertz CT molecular complexity index is 306.